The number of pyridine rings is 1. The topological polar surface area (TPSA) is 88.8 Å². The Kier molecular flexibility index (Phi) is 4.28. The fourth-order valence-corrected chi connectivity index (χ4v) is 2.22. The summed E-state index contributed by atoms with van der Waals surface area (Å²) in [5, 5.41) is 18.7. The monoisotopic (exact) mass is 291 g/mol. The summed E-state index contributed by atoms with van der Waals surface area (Å²) in [6.45, 7) is 3.63. The van der Waals surface area contributed by atoms with Crippen LogP contribution in [-0.4, -0.2) is 33.5 Å². The van der Waals surface area contributed by atoms with Crippen LogP contribution in [0.1, 0.15) is 24.3 Å². The number of nitrogens with zero attached hydrogens (tertiary/aromatic N) is 1. The van der Waals surface area contributed by atoms with Crippen molar-refractivity contribution < 1.29 is 19.7 Å². The first-order valence-electron chi connectivity index (χ1n) is 6.62. The Morgan fingerprint density at radius 2 is 2.05 bits per heavy atom. The summed E-state index contributed by atoms with van der Waals surface area (Å²) in [6.07, 6.45) is -0.0274. The van der Waals surface area contributed by atoms with Crippen LogP contribution in [0, 0.1) is 0 Å². The van der Waals surface area contributed by atoms with E-state index in [0.717, 1.165) is 6.07 Å². The number of ether oxygens (including phenoxy) is 1. The van der Waals surface area contributed by atoms with E-state index < -0.39 is 5.97 Å². The molecule has 1 heterocycles. The molecular weight excluding hydrogens is 274 g/mol. The number of aliphatic hydroxyl groups is 1. The van der Waals surface area contributed by atoms with Crippen molar-refractivity contribution in [2.45, 2.75) is 26.5 Å². The Morgan fingerprint density at radius 1 is 1.33 bits per heavy atom. The maximum Gasteiger partial charge on any atom is 0.352 e. The molecule has 2 N–H and O–H groups in total. The first-order valence-corrected chi connectivity index (χ1v) is 6.62. The van der Waals surface area contributed by atoms with E-state index in [-0.39, 0.29) is 30.4 Å². The van der Waals surface area contributed by atoms with Crippen LogP contribution in [0.15, 0.2) is 29.1 Å². The largest absolute Gasteiger partial charge is 0.491 e. The quantitative estimate of drug-likeness (QED) is 0.871. The Labute approximate surface area is 121 Å². The van der Waals surface area contributed by atoms with Gasteiger partial charge in [-0.2, -0.15) is 0 Å². The third kappa shape index (κ3) is 3.05. The summed E-state index contributed by atoms with van der Waals surface area (Å²) in [5.74, 6) is -0.654. The van der Waals surface area contributed by atoms with Crippen molar-refractivity contribution in [1.29, 1.82) is 0 Å². The van der Waals surface area contributed by atoms with Gasteiger partial charge in [0.2, 0.25) is 0 Å². The number of carboxylic acids is 1. The fourth-order valence-electron chi connectivity index (χ4n) is 2.22. The van der Waals surface area contributed by atoms with Gasteiger partial charge in [-0.1, -0.05) is 0 Å². The lowest BCUT2D eigenvalue weighted by atomic mass is 10.1. The molecule has 6 heteroatoms. The van der Waals surface area contributed by atoms with E-state index in [0.29, 0.717) is 16.7 Å². The third-order valence-electron chi connectivity index (χ3n) is 3.00. The Hall–Kier alpha value is -2.34. The van der Waals surface area contributed by atoms with Crippen molar-refractivity contribution in [2.24, 2.45) is 0 Å². The van der Waals surface area contributed by atoms with E-state index >= 15 is 0 Å². The second-order valence-corrected chi connectivity index (χ2v) is 4.92. The molecular formula is C15H17NO5. The molecule has 0 spiro atoms. The van der Waals surface area contributed by atoms with Gasteiger partial charge in [-0.3, -0.25) is 4.79 Å². The number of carboxylic acid groups (broad SMARTS) is 1. The average molecular weight is 291 g/mol. The highest BCUT2D eigenvalue weighted by Crippen LogP contribution is 2.21. The molecule has 1 aromatic heterocycles. The van der Waals surface area contributed by atoms with Crippen molar-refractivity contribution in [3.63, 3.8) is 0 Å². The highest BCUT2D eigenvalue weighted by atomic mass is 16.5. The predicted molar refractivity (Wildman–Crippen MR) is 78.0 cm³/mol. The van der Waals surface area contributed by atoms with Crippen molar-refractivity contribution in [1.82, 2.24) is 4.57 Å². The standard InChI is InChI=1S/C15H17NO5/c1-9(2)21-10-3-4-12-11(7-10)14(18)8-13(15(19)20)16(12)5-6-17/h3-4,7-9,17H,5-6H2,1-2H3,(H,19,20). The number of hydrogen-bond donors (Lipinski definition) is 2. The van der Waals surface area contributed by atoms with E-state index in [1.807, 2.05) is 13.8 Å². The SMILES string of the molecule is CC(C)Oc1ccc2c(c1)c(=O)cc(C(=O)O)n2CCO. The number of aliphatic hydroxyl groups excluding tert-OH is 1. The normalized spacial score (nSPS) is 11.0. The predicted octanol–water partition coefficient (Wildman–Crippen LogP) is 1.48. The van der Waals surface area contributed by atoms with Gasteiger partial charge < -0.3 is 19.5 Å². The van der Waals surface area contributed by atoms with E-state index in [1.54, 1.807) is 18.2 Å². The lowest BCUT2D eigenvalue weighted by Gasteiger charge is -2.15. The average Bonchev–Trinajstić information content (AvgIpc) is 2.41. The first kappa shape index (κ1) is 15.1. The lowest BCUT2D eigenvalue weighted by Crippen LogP contribution is -2.19. The molecule has 0 aliphatic carbocycles. The minimum Gasteiger partial charge on any atom is -0.491 e. The third-order valence-corrected chi connectivity index (χ3v) is 3.00. The molecule has 2 rings (SSSR count). The lowest BCUT2D eigenvalue weighted by molar-refractivity contribution is 0.0683. The zero-order valence-electron chi connectivity index (χ0n) is 11.9. The van der Waals surface area contributed by atoms with Crippen LogP contribution < -0.4 is 10.2 Å². The number of aromatic nitrogens is 1. The van der Waals surface area contributed by atoms with Gasteiger partial charge in [0.05, 0.1) is 18.2 Å². The summed E-state index contributed by atoms with van der Waals surface area (Å²) >= 11 is 0. The molecule has 0 saturated heterocycles. The molecule has 1 aromatic carbocycles. The minimum absolute atomic E-state index is 0.0274. The molecule has 6 nitrogen and oxygen atoms in total. The van der Waals surface area contributed by atoms with Gasteiger partial charge in [0.1, 0.15) is 11.4 Å². The van der Waals surface area contributed by atoms with Crippen LogP contribution in [0.3, 0.4) is 0 Å². The van der Waals surface area contributed by atoms with Gasteiger partial charge in [-0.05, 0) is 32.0 Å². The van der Waals surface area contributed by atoms with Gasteiger partial charge in [-0.15, -0.1) is 0 Å². The van der Waals surface area contributed by atoms with Crippen LogP contribution in [0.5, 0.6) is 5.75 Å². The van der Waals surface area contributed by atoms with Crippen LogP contribution in [0.4, 0.5) is 0 Å². The first-order chi connectivity index (χ1) is 9.93. The minimum atomic E-state index is -1.20. The molecule has 0 fully saturated rings. The highest BCUT2D eigenvalue weighted by Gasteiger charge is 2.15. The molecule has 0 aliphatic heterocycles. The maximum atomic E-state index is 12.1. The molecule has 2 aromatic rings. The number of benzene rings is 1. The van der Waals surface area contributed by atoms with Crippen LogP contribution in [0.25, 0.3) is 10.9 Å². The van der Waals surface area contributed by atoms with Gasteiger partial charge in [0.15, 0.2) is 5.43 Å². The van der Waals surface area contributed by atoms with Crippen molar-refractivity contribution >= 4 is 16.9 Å². The van der Waals surface area contributed by atoms with Crippen LogP contribution in [0.2, 0.25) is 0 Å². The molecule has 0 unspecified atom stereocenters. The Balaban J connectivity index is 2.71. The second kappa shape index (κ2) is 5.97. The van der Waals surface area contributed by atoms with Crippen LogP contribution >= 0.6 is 0 Å². The van der Waals surface area contributed by atoms with Gasteiger partial charge in [0.25, 0.3) is 0 Å². The zero-order chi connectivity index (χ0) is 15.6. The van der Waals surface area contributed by atoms with E-state index in [9.17, 15) is 14.7 Å². The van der Waals surface area contributed by atoms with Crippen LogP contribution in [-0.2, 0) is 6.54 Å². The van der Waals surface area contributed by atoms with E-state index in [2.05, 4.69) is 0 Å². The number of rotatable bonds is 5. The summed E-state index contributed by atoms with van der Waals surface area (Å²) < 4.78 is 6.96. The Bertz CT molecular complexity index is 733. The second-order valence-electron chi connectivity index (χ2n) is 4.92. The number of hydrogen-bond acceptors (Lipinski definition) is 4. The van der Waals surface area contributed by atoms with E-state index in [4.69, 9.17) is 9.84 Å². The van der Waals surface area contributed by atoms with Crippen molar-refractivity contribution in [2.75, 3.05) is 6.61 Å². The molecule has 0 amide bonds. The Morgan fingerprint density at radius 3 is 2.62 bits per heavy atom. The smallest absolute Gasteiger partial charge is 0.352 e. The molecule has 0 saturated carbocycles. The zero-order valence-corrected chi connectivity index (χ0v) is 11.9. The van der Waals surface area contributed by atoms with Gasteiger partial charge >= 0.3 is 5.97 Å². The summed E-state index contributed by atoms with van der Waals surface area (Å²) in [4.78, 5) is 23.3. The maximum absolute atomic E-state index is 12.1. The van der Waals surface area contributed by atoms with Crippen molar-refractivity contribution in [3.05, 3.63) is 40.2 Å². The molecule has 21 heavy (non-hydrogen) atoms. The number of aromatic carboxylic acids is 1. The summed E-state index contributed by atoms with van der Waals surface area (Å²) in [5.41, 5.74) is -0.0603. The van der Waals surface area contributed by atoms with Gasteiger partial charge in [0, 0.05) is 18.0 Å². The van der Waals surface area contributed by atoms with Gasteiger partial charge in [-0.25, -0.2) is 4.79 Å². The molecule has 112 valence electrons. The highest BCUT2D eigenvalue weighted by molar-refractivity contribution is 5.91. The van der Waals surface area contributed by atoms with E-state index in [1.165, 1.54) is 4.57 Å². The molecule has 0 bridgehead atoms. The number of fused-ring (bicyclic) bond motifs is 1. The van der Waals surface area contributed by atoms with Crippen molar-refractivity contribution in [3.8, 4) is 5.75 Å². The summed E-state index contributed by atoms with van der Waals surface area (Å²) in [6, 6.07) is 5.98. The molecule has 0 aliphatic rings. The number of carbonyl (C=O) groups is 1. The fraction of sp³-hybridized carbons (Fsp3) is 0.333. The molecule has 0 radical (unpaired) electrons. The summed E-state index contributed by atoms with van der Waals surface area (Å²) in [7, 11) is 0. The molecule has 0 atom stereocenters.